The maximum atomic E-state index is 11.4. The summed E-state index contributed by atoms with van der Waals surface area (Å²) in [7, 11) is 3.45. The molecule has 0 aromatic heterocycles. The Morgan fingerprint density at radius 1 is 1.33 bits per heavy atom. The molecule has 15 heavy (non-hydrogen) atoms. The van der Waals surface area contributed by atoms with E-state index in [1.807, 2.05) is 0 Å². The lowest BCUT2D eigenvalue weighted by Crippen LogP contribution is -2.44. The number of hydrogen-bond donors (Lipinski definition) is 0. The highest BCUT2D eigenvalue weighted by Crippen LogP contribution is 2.27. The molecule has 1 amide bonds. The average molecular weight is 212 g/mol. The van der Waals surface area contributed by atoms with Gasteiger partial charge in [-0.2, -0.15) is 0 Å². The number of fused-ring (bicyclic) bond motifs is 1. The highest BCUT2D eigenvalue weighted by atomic mass is 16.6. The van der Waals surface area contributed by atoms with Gasteiger partial charge in [0.15, 0.2) is 0 Å². The predicted molar refractivity (Wildman–Crippen MR) is 57.8 cm³/mol. The van der Waals surface area contributed by atoms with Crippen LogP contribution in [0, 0.1) is 0 Å². The highest BCUT2D eigenvalue weighted by molar-refractivity contribution is 5.67. The van der Waals surface area contributed by atoms with E-state index in [0.717, 1.165) is 19.0 Å². The number of hydrogen-bond acceptors (Lipinski definition) is 3. The summed E-state index contributed by atoms with van der Waals surface area (Å²) in [5, 5.41) is 0. The molecule has 2 unspecified atom stereocenters. The van der Waals surface area contributed by atoms with Crippen LogP contribution in [0.2, 0.25) is 0 Å². The van der Waals surface area contributed by atoms with E-state index in [4.69, 9.17) is 4.74 Å². The number of rotatable bonds is 1. The van der Waals surface area contributed by atoms with E-state index in [0.29, 0.717) is 0 Å². The number of carbonyl (C=O) groups is 1. The van der Waals surface area contributed by atoms with E-state index in [-0.39, 0.29) is 12.2 Å². The zero-order valence-electron chi connectivity index (χ0n) is 9.61. The molecule has 0 bridgehead atoms. The Morgan fingerprint density at radius 2 is 2.13 bits per heavy atom. The van der Waals surface area contributed by atoms with Gasteiger partial charge in [0.1, 0.15) is 6.10 Å². The van der Waals surface area contributed by atoms with Gasteiger partial charge in [0, 0.05) is 26.7 Å². The van der Waals surface area contributed by atoms with Gasteiger partial charge in [0.25, 0.3) is 0 Å². The molecule has 2 aliphatic rings. The molecule has 0 spiro atoms. The molecule has 0 radical (unpaired) electrons. The first-order valence-electron chi connectivity index (χ1n) is 5.79. The van der Waals surface area contributed by atoms with E-state index in [1.54, 1.807) is 14.1 Å². The fourth-order valence-electron chi connectivity index (χ4n) is 2.54. The molecule has 86 valence electrons. The van der Waals surface area contributed by atoms with Crippen LogP contribution in [0.1, 0.15) is 25.7 Å². The fraction of sp³-hybridized carbons (Fsp3) is 0.909. The Balaban J connectivity index is 1.82. The zero-order valence-corrected chi connectivity index (χ0v) is 9.61. The summed E-state index contributed by atoms with van der Waals surface area (Å²) < 4.78 is 5.41. The van der Waals surface area contributed by atoms with Crippen molar-refractivity contribution in [2.75, 3.05) is 27.2 Å². The molecule has 2 atom stereocenters. The summed E-state index contributed by atoms with van der Waals surface area (Å²) in [4.78, 5) is 15.4. The van der Waals surface area contributed by atoms with Crippen LogP contribution in [0.5, 0.6) is 0 Å². The molecule has 0 N–H and O–H groups in total. The minimum absolute atomic E-state index is 0.106. The van der Waals surface area contributed by atoms with Crippen molar-refractivity contribution in [1.29, 1.82) is 0 Å². The van der Waals surface area contributed by atoms with Gasteiger partial charge in [-0.15, -0.1) is 0 Å². The molecule has 0 aromatic carbocycles. The van der Waals surface area contributed by atoms with Crippen molar-refractivity contribution in [2.45, 2.75) is 37.8 Å². The van der Waals surface area contributed by atoms with Crippen LogP contribution in [0.15, 0.2) is 0 Å². The smallest absolute Gasteiger partial charge is 0.409 e. The van der Waals surface area contributed by atoms with Crippen molar-refractivity contribution in [3.8, 4) is 0 Å². The third kappa shape index (κ3) is 2.43. The third-order valence-electron chi connectivity index (χ3n) is 3.39. The van der Waals surface area contributed by atoms with Gasteiger partial charge in [-0.3, -0.25) is 4.90 Å². The molecular weight excluding hydrogens is 192 g/mol. The van der Waals surface area contributed by atoms with Gasteiger partial charge >= 0.3 is 6.09 Å². The summed E-state index contributed by atoms with van der Waals surface area (Å²) in [5.74, 6) is 0. The molecule has 0 saturated carbocycles. The van der Waals surface area contributed by atoms with Gasteiger partial charge in [0.2, 0.25) is 0 Å². The van der Waals surface area contributed by atoms with Crippen molar-refractivity contribution in [2.24, 2.45) is 0 Å². The second kappa shape index (κ2) is 4.39. The van der Waals surface area contributed by atoms with E-state index in [2.05, 4.69) is 4.90 Å². The molecule has 4 heteroatoms. The topological polar surface area (TPSA) is 32.8 Å². The van der Waals surface area contributed by atoms with Crippen molar-refractivity contribution in [1.82, 2.24) is 9.80 Å². The monoisotopic (exact) mass is 212 g/mol. The van der Waals surface area contributed by atoms with E-state index < -0.39 is 0 Å². The number of nitrogens with zero attached hydrogens (tertiary/aromatic N) is 2. The summed E-state index contributed by atoms with van der Waals surface area (Å²) in [6.07, 6.45) is 4.74. The van der Waals surface area contributed by atoms with Gasteiger partial charge in [-0.1, -0.05) is 0 Å². The van der Waals surface area contributed by atoms with Crippen molar-refractivity contribution in [3.63, 3.8) is 0 Å². The second-order valence-corrected chi connectivity index (χ2v) is 4.77. The first kappa shape index (κ1) is 10.7. The fourth-order valence-corrected chi connectivity index (χ4v) is 2.54. The summed E-state index contributed by atoms with van der Waals surface area (Å²) in [6, 6.07) is 0.763. The van der Waals surface area contributed by atoms with Crippen LogP contribution < -0.4 is 0 Å². The Kier molecular flexibility index (Phi) is 3.14. The van der Waals surface area contributed by atoms with Crippen LogP contribution in [0.4, 0.5) is 4.79 Å². The predicted octanol–water partition coefficient (Wildman–Crippen LogP) is 1.31. The average Bonchev–Trinajstić information content (AvgIpc) is 2.64. The Bertz CT molecular complexity index is 243. The minimum Gasteiger partial charge on any atom is -0.445 e. The van der Waals surface area contributed by atoms with Gasteiger partial charge < -0.3 is 9.64 Å². The lowest BCUT2D eigenvalue weighted by atomic mass is 10.0. The van der Waals surface area contributed by atoms with Crippen molar-refractivity contribution < 1.29 is 9.53 Å². The molecule has 2 saturated heterocycles. The number of ether oxygens (including phenoxy) is 1. The van der Waals surface area contributed by atoms with Crippen LogP contribution in [-0.4, -0.2) is 55.2 Å². The Morgan fingerprint density at radius 3 is 2.87 bits per heavy atom. The van der Waals surface area contributed by atoms with Crippen LogP contribution in [0.25, 0.3) is 0 Å². The van der Waals surface area contributed by atoms with Crippen LogP contribution in [-0.2, 0) is 4.74 Å². The van der Waals surface area contributed by atoms with E-state index in [9.17, 15) is 4.79 Å². The quantitative estimate of drug-likeness (QED) is 0.657. The number of piperidine rings is 1. The SMILES string of the molecule is CN(C)C(=O)OC1CCC2CCCN2C1. The molecule has 2 fully saturated rings. The number of carbonyl (C=O) groups excluding carboxylic acids is 1. The molecule has 2 aliphatic heterocycles. The zero-order chi connectivity index (χ0) is 10.8. The normalized spacial score (nSPS) is 31.1. The lowest BCUT2D eigenvalue weighted by Gasteiger charge is -2.34. The van der Waals surface area contributed by atoms with Crippen LogP contribution >= 0.6 is 0 Å². The third-order valence-corrected chi connectivity index (χ3v) is 3.39. The van der Waals surface area contributed by atoms with Crippen LogP contribution in [0.3, 0.4) is 0 Å². The standard InChI is InChI=1S/C11H20N2O2/c1-12(2)11(14)15-10-6-5-9-4-3-7-13(9)8-10/h9-10H,3-8H2,1-2H3. The highest BCUT2D eigenvalue weighted by Gasteiger charge is 2.33. The summed E-state index contributed by atoms with van der Waals surface area (Å²) >= 11 is 0. The molecule has 4 nitrogen and oxygen atoms in total. The molecular formula is C11H20N2O2. The van der Waals surface area contributed by atoms with Gasteiger partial charge in [-0.25, -0.2) is 4.79 Å². The summed E-state index contributed by atoms with van der Waals surface area (Å²) in [6.45, 7) is 2.12. The first-order chi connectivity index (χ1) is 7.16. The van der Waals surface area contributed by atoms with Crippen molar-refractivity contribution >= 4 is 6.09 Å². The van der Waals surface area contributed by atoms with Gasteiger partial charge in [0.05, 0.1) is 0 Å². The largest absolute Gasteiger partial charge is 0.445 e. The minimum atomic E-state index is -0.211. The van der Waals surface area contributed by atoms with Crippen molar-refractivity contribution in [3.05, 3.63) is 0 Å². The second-order valence-electron chi connectivity index (χ2n) is 4.77. The summed E-state index contributed by atoms with van der Waals surface area (Å²) in [5.41, 5.74) is 0. The maximum absolute atomic E-state index is 11.4. The Labute approximate surface area is 91.2 Å². The molecule has 2 rings (SSSR count). The van der Waals surface area contributed by atoms with E-state index >= 15 is 0 Å². The number of amides is 1. The lowest BCUT2D eigenvalue weighted by molar-refractivity contribution is 0.0200. The molecule has 0 aromatic rings. The van der Waals surface area contributed by atoms with Gasteiger partial charge in [-0.05, 0) is 32.2 Å². The molecule has 0 aliphatic carbocycles. The first-order valence-corrected chi connectivity index (χ1v) is 5.79. The molecule has 2 heterocycles. The maximum Gasteiger partial charge on any atom is 0.409 e. The van der Waals surface area contributed by atoms with E-state index in [1.165, 1.54) is 30.7 Å². The Hall–Kier alpha value is -0.770.